The first-order valence-corrected chi connectivity index (χ1v) is 12.1. The minimum Gasteiger partial charge on any atom is -0.0843 e. The van der Waals surface area contributed by atoms with Crippen molar-refractivity contribution in [2.45, 2.75) is 0 Å². The molecule has 29 heavy (non-hydrogen) atoms. The lowest BCUT2D eigenvalue weighted by Gasteiger charge is -2.23. The van der Waals surface area contributed by atoms with Crippen LogP contribution in [0.4, 0.5) is 0 Å². The molecule has 0 radical (unpaired) electrons. The molecule has 140 valence electrons. The number of benzene rings is 4. The summed E-state index contributed by atoms with van der Waals surface area (Å²) in [7, 11) is -1.82. The molecule has 1 aliphatic heterocycles. The molecule has 0 spiro atoms. The summed E-state index contributed by atoms with van der Waals surface area (Å²) < 4.78 is 0. The van der Waals surface area contributed by atoms with E-state index in [0.717, 1.165) is 10.0 Å². The second-order valence-electron chi connectivity index (χ2n) is 7.27. The zero-order valence-corrected chi connectivity index (χ0v) is 18.3. The maximum absolute atomic E-state index is 6.47. The van der Waals surface area contributed by atoms with E-state index in [1.54, 1.807) is 0 Å². The first-order chi connectivity index (χ1) is 14.2. The Balaban J connectivity index is 1.83. The Hall–Kier alpha value is -2.58. The average molecular weight is 429 g/mol. The summed E-state index contributed by atoms with van der Waals surface area (Å²) in [5.41, 5.74) is 4.99. The molecule has 0 fully saturated rings. The van der Waals surface area contributed by atoms with Crippen molar-refractivity contribution in [2.75, 3.05) is 0 Å². The number of rotatable bonds is 2. The smallest absolute Gasteiger partial charge is 0.0843 e. The number of hydrogen-bond acceptors (Lipinski definition) is 0. The molecule has 0 bridgehead atoms. The molecule has 0 N–H and O–H groups in total. The summed E-state index contributed by atoms with van der Waals surface area (Å²) in [5, 5.41) is 5.60. The van der Waals surface area contributed by atoms with Crippen LogP contribution in [-0.4, -0.2) is 8.80 Å². The summed E-state index contributed by atoms with van der Waals surface area (Å²) in [6, 6.07) is 31.9. The first-order valence-electron chi connectivity index (χ1n) is 9.62. The van der Waals surface area contributed by atoms with Crippen molar-refractivity contribution in [1.82, 2.24) is 0 Å². The summed E-state index contributed by atoms with van der Waals surface area (Å²) >= 11 is 12.9. The van der Waals surface area contributed by atoms with E-state index in [1.165, 1.54) is 37.8 Å². The molecule has 0 saturated carbocycles. The lowest BCUT2D eigenvalue weighted by molar-refractivity contribution is 1.64. The van der Waals surface area contributed by atoms with E-state index in [1.807, 2.05) is 12.1 Å². The van der Waals surface area contributed by atoms with Gasteiger partial charge in [0, 0.05) is 10.0 Å². The molecular formula is C26H18Cl2Si. The Labute approximate surface area is 182 Å². The van der Waals surface area contributed by atoms with Crippen LogP contribution < -0.4 is 15.6 Å². The highest BCUT2D eigenvalue weighted by atomic mass is 35.5. The second-order valence-corrected chi connectivity index (χ2v) is 10.9. The third-order valence-electron chi connectivity index (χ3n) is 5.52. The molecule has 0 atom stereocenters. The molecule has 1 aliphatic rings. The van der Waals surface area contributed by atoms with Crippen molar-refractivity contribution in [3.63, 3.8) is 0 Å². The predicted molar refractivity (Wildman–Crippen MR) is 130 cm³/mol. The zero-order valence-electron chi connectivity index (χ0n) is 15.6. The maximum Gasteiger partial charge on any atom is 0.135 e. The Morgan fingerprint density at radius 1 is 0.517 bits per heavy atom. The van der Waals surface area contributed by atoms with Crippen LogP contribution >= 0.6 is 23.2 Å². The molecule has 0 saturated heterocycles. The summed E-state index contributed by atoms with van der Waals surface area (Å²) in [6.07, 6.45) is 4.41. The van der Waals surface area contributed by atoms with Crippen molar-refractivity contribution in [1.29, 1.82) is 0 Å². The Bertz CT molecular complexity index is 1170. The van der Waals surface area contributed by atoms with Crippen LogP contribution in [0.1, 0.15) is 11.1 Å². The highest BCUT2D eigenvalue weighted by Crippen LogP contribution is 2.22. The Kier molecular flexibility index (Phi) is 4.89. The molecule has 0 nitrogen and oxygen atoms in total. The van der Waals surface area contributed by atoms with Gasteiger partial charge in [0.05, 0.1) is 0 Å². The lowest BCUT2D eigenvalue weighted by Crippen LogP contribution is -2.54. The molecule has 5 rings (SSSR count). The third kappa shape index (κ3) is 3.47. The van der Waals surface area contributed by atoms with Gasteiger partial charge in [0.15, 0.2) is 0 Å². The molecule has 4 aromatic rings. The van der Waals surface area contributed by atoms with Gasteiger partial charge in [0.2, 0.25) is 0 Å². The number of halogens is 2. The van der Waals surface area contributed by atoms with Gasteiger partial charge in [-0.25, -0.2) is 0 Å². The van der Waals surface area contributed by atoms with Crippen LogP contribution in [0, 0.1) is 0 Å². The molecule has 1 heterocycles. The topological polar surface area (TPSA) is 0 Å². The minimum atomic E-state index is -1.82. The van der Waals surface area contributed by atoms with Crippen LogP contribution in [0.2, 0.25) is 10.0 Å². The van der Waals surface area contributed by atoms with Crippen LogP contribution in [0.15, 0.2) is 91.0 Å². The van der Waals surface area contributed by atoms with E-state index in [9.17, 15) is 0 Å². The van der Waals surface area contributed by atoms with E-state index in [2.05, 4.69) is 91.0 Å². The average Bonchev–Trinajstić information content (AvgIpc) is 2.90. The zero-order chi connectivity index (χ0) is 19.8. The van der Waals surface area contributed by atoms with E-state index in [0.29, 0.717) is 0 Å². The van der Waals surface area contributed by atoms with Crippen molar-refractivity contribution < 1.29 is 0 Å². The van der Waals surface area contributed by atoms with Crippen LogP contribution in [0.3, 0.4) is 0 Å². The largest absolute Gasteiger partial charge is 0.135 e. The molecule has 0 aliphatic carbocycles. The summed E-state index contributed by atoms with van der Waals surface area (Å²) in [4.78, 5) is 0. The molecule has 0 aromatic heterocycles. The summed E-state index contributed by atoms with van der Waals surface area (Å²) in [6.45, 7) is 0. The minimum absolute atomic E-state index is 0.775. The highest BCUT2D eigenvalue weighted by Gasteiger charge is 2.27. The van der Waals surface area contributed by atoms with Crippen molar-refractivity contribution in [3.05, 3.63) is 112 Å². The fourth-order valence-electron chi connectivity index (χ4n) is 4.21. The van der Waals surface area contributed by atoms with Crippen LogP contribution in [0.25, 0.3) is 23.3 Å². The van der Waals surface area contributed by atoms with Crippen LogP contribution in [0.5, 0.6) is 0 Å². The SMILES string of the molecule is Clc1ccc2c(c1)[SiH](c1ccccc1-c1ccccc1)c1cc(Cl)ccc1C=C2. The standard InChI is InChI=1S/C26H18Cl2Si/c27-21-14-12-19-10-11-20-13-15-22(28)17-26(20)29(25(19)16-21)24-9-5-4-8-23(24)18-6-2-1-3-7-18/h1-17,29H. The molecule has 4 aromatic carbocycles. The fraction of sp³-hybridized carbons (Fsp3) is 0. The Morgan fingerprint density at radius 2 is 1.07 bits per heavy atom. The van der Waals surface area contributed by atoms with Crippen molar-refractivity contribution in [2.24, 2.45) is 0 Å². The van der Waals surface area contributed by atoms with Gasteiger partial charge in [-0.15, -0.1) is 0 Å². The monoisotopic (exact) mass is 428 g/mol. The van der Waals surface area contributed by atoms with E-state index >= 15 is 0 Å². The summed E-state index contributed by atoms with van der Waals surface area (Å²) in [5.74, 6) is 0. The molecule has 0 amide bonds. The maximum atomic E-state index is 6.47. The normalized spacial score (nSPS) is 12.9. The molecule has 3 heteroatoms. The van der Waals surface area contributed by atoms with Crippen LogP contribution in [-0.2, 0) is 0 Å². The molecule has 0 unspecified atom stereocenters. The van der Waals surface area contributed by atoms with Gasteiger partial charge in [0.1, 0.15) is 8.80 Å². The Morgan fingerprint density at radius 3 is 1.69 bits per heavy atom. The van der Waals surface area contributed by atoms with Gasteiger partial charge in [-0.2, -0.15) is 0 Å². The third-order valence-corrected chi connectivity index (χ3v) is 9.36. The van der Waals surface area contributed by atoms with E-state index in [4.69, 9.17) is 23.2 Å². The van der Waals surface area contributed by atoms with Gasteiger partial charge >= 0.3 is 0 Å². The van der Waals surface area contributed by atoms with Crippen molar-refractivity contribution >= 4 is 59.7 Å². The fourth-order valence-corrected chi connectivity index (χ4v) is 8.41. The lowest BCUT2D eigenvalue weighted by atomic mass is 10.1. The van der Waals surface area contributed by atoms with E-state index in [-0.39, 0.29) is 0 Å². The number of hydrogen-bond donors (Lipinski definition) is 0. The van der Waals surface area contributed by atoms with Gasteiger partial charge in [-0.3, -0.25) is 0 Å². The quantitative estimate of drug-likeness (QED) is 0.330. The van der Waals surface area contributed by atoms with Gasteiger partial charge in [-0.05, 0) is 62.1 Å². The predicted octanol–water partition coefficient (Wildman–Crippen LogP) is 5.39. The first kappa shape index (κ1) is 18.4. The van der Waals surface area contributed by atoms with Gasteiger partial charge in [-0.1, -0.05) is 102 Å². The second kappa shape index (κ2) is 7.68. The highest BCUT2D eigenvalue weighted by molar-refractivity contribution is 6.97. The van der Waals surface area contributed by atoms with Gasteiger partial charge < -0.3 is 0 Å². The van der Waals surface area contributed by atoms with Gasteiger partial charge in [0.25, 0.3) is 0 Å². The molecular weight excluding hydrogens is 411 g/mol. The van der Waals surface area contributed by atoms with E-state index < -0.39 is 8.80 Å². The number of fused-ring (bicyclic) bond motifs is 2. The van der Waals surface area contributed by atoms with Crippen molar-refractivity contribution in [3.8, 4) is 11.1 Å².